The molecule has 5 nitrogen and oxygen atoms in total. The van der Waals surface area contributed by atoms with E-state index < -0.39 is 20.2 Å². The molecule has 0 saturated carbocycles. The van der Waals surface area contributed by atoms with Gasteiger partial charge in [0.25, 0.3) is 8.32 Å². The number of aliphatic hydroxyl groups excluding tert-OH is 1. The Labute approximate surface area is 199 Å². The fourth-order valence-corrected chi connectivity index (χ4v) is 9.25. The number of ether oxygens (including phenoxy) is 2. The van der Waals surface area contributed by atoms with Gasteiger partial charge in [-0.25, -0.2) is 0 Å². The molecule has 1 fully saturated rings. The van der Waals surface area contributed by atoms with Crippen molar-refractivity contribution in [3.8, 4) is 0 Å². The predicted molar refractivity (Wildman–Crippen MR) is 133 cm³/mol. The Morgan fingerprint density at radius 3 is 2.09 bits per heavy atom. The summed E-state index contributed by atoms with van der Waals surface area (Å²) in [6, 6.07) is 20.9. The van der Waals surface area contributed by atoms with Gasteiger partial charge in [-0.05, 0) is 35.7 Å². The first-order chi connectivity index (χ1) is 15.5. The third-order valence-electron chi connectivity index (χ3n) is 6.17. The van der Waals surface area contributed by atoms with Crippen molar-refractivity contribution in [1.82, 2.24) is 0 Å². The highest BCUT2D eigenvalue weighted by atomic mass is 28.4. The van der Waals surface area contributed by atoms with E-state index in [2.05, 4.69) is 69.3 Å². The van der Waals surface area contributed by atoms with Crippen LogP contribution in [0.4, 0.5) is 0 Å². The van der Waals surface area contributed by atoms with Crippen molar-refractivity contribution in [2.75, 3.05) is 13.2 Å². The van der Waals surface area contributed by atoms with Gasteiger partial charge in [-0.1, -0.05) is 81.4 Å². The number of carbonyl (C=O) groups excluding carboxylic acids is 1. The molecule has 1 N–H and O–H groups in total. The van der Waals surface area contributed by atoms with Crippen molar-refractivity contribution < 1.29 is 23.8 Å². The van der Waals surface area contributed by atoms with Gasteiger partial charge in [0.05, 0.1) is 18.8 Å². The first-order valence-electron chi connectivity index (χ1n) is 11.8. The largest absolute Gasteiger partial charge is 0.407 e. The van der Waals surface area contributed by atoms with Crippen LogP contribution < -0.4 is 10.4 Å². The highest BCUT2D eigenvalue weighted by molar-refractivity contribution is 6.99. The van der Waals surface area contributed by atoms with Crippen molar-refractivity contribution in [3.63, 3.8) is 0 Å². The van der Waals surface area contributed by atoms with Crippen LogP contribution in [0.2, 0.25) is 5.04 Å². The lowest BCUT2D eigenvalue weighted by Crippen LogP contribution is -2.66. The molecule has 33 heavy (non-hydrogen) atoms. The number of hydrogen-bond donors (Lipinski definition) is 1. The average molecular weight is 471 g/mol. The number of rotatable bonds is 10. The van der Waals surface area contributed by atoms with Crippen LogP contribution in [0.1, 0.15) is 53.9 Å². The zero-order valence-corrected chi connectivity index (χ0v) is 21.5. The molecule has 0 aliphatic carbocycles. The Hall–Kier alpha value is -1.83. The van der Waals surface area contributed by atoms with Gasteiger partial charge in [0.15, 0.2) is 5.79 Å². The van der Waals surface area contributed by atoms with Crippen molar-refractivity contribution in [2.45, 2.75) is 76.9 Å². The topological polar surface area (TPSA) is 65.0 Å². The minimum absolute atomic E-state index is 0.0146. The highest BCUT2D eigenvalue weighted by Gasteiger charge is 2.50. The zero-order chi connectivity index (χ0) is 24.1. The predicted octanol–water partition coefficient (Wildman–Crippen LogP) is 3.81. The summed E-state index contributed by atoms with van der Waals surface area (Å²) >= 11 is 0. The quantitative estimate of drug-likeness (QED) is 0.535. The Morgan fingerprint density at radius 2 is 1.64 bits per heavy atom. The lowest BCUT2D eigenvalue weighted by Gasteiger charge is -2.43. The highest BCUT2D eigenvalue weighted by Crippen LogP contribution is 2.36. The fraction of sp³-hybridized carbons (Fsp3) is 0.519. The van der Waals surface area contributed by atoms with Crippen LogP contribution in [0.3, 0.4) is 0 Å². The first kappa shape index (κ1) is 25.8. The van der Waals surface area contributed by atoms with E-state index in [0.717, 1.165) is 0 Å². The van der Waals surface area contributed by atoms with Gasteiger partial charge in [-0.3, -0.25) is 4.79 Å². The number of benzene rings is 2. The van der Waals surface area contributed by atoms with E-state index in [9.17, 15) is 9.90 Å². The van der Waals surface area contributed by atoms with Gasteiger partial charge in [0.2, 0.25) is 0 Å². The normalized spacial score (nSPS) is 19.4. The van der Waals surface area contributed by atoms with Gasteiger partial charge in [0, 0.05) is 19.4 Å². The van der Waals surface area contributed by atoms with Gasteiger partial charge in [0.1, 0.15) is 5.78 Å². The molecule has 2 atom stereocenters. The molecular formula is C27H38O5Si. The van der Waals surface area contributed by atoms with E-state index in [0.29, 0.717) is 19.6 Å². The summed E-state index contributed by atoms with van der Waals surface area (Å²) in [6.07, 6.45) is -0.219. The number of aliphatic hydroxyl groups is 1. The van der Waals surface area contributed by atoms with E-state index in [4.69, 9.17) is 13.9 Å². The van der Waals surface area contributed by atoms with Gasteiger partial charge >= 0.3 is 0 Å². The smallest absolute Gasteiger partial charge is 0.261 e. The molecule has 1 unspecified atom stereocenters. The lowest BCUT2D eigenvalue weighted by molar-refractivity contribution is -0.142. The standard InChI is InChI=1S/C27H38O5Si/c1-26(2,3)33(24-12-8-6-9-13-24,25-14-10-7-11-15-25)31-17-16-21(28)18-22(29)19-23-20-30-27(4,5)32-23/h6-15,21,23,28H,16-20H2,1-5H3/t21-,23?/m1/s1. The Morgan fingerprint density at radius 1 is 1.09 bits per heavy atom. The summed E-state index contributed by atoms with van der Waals surface area (Å²) < 4.78 is 18.0. The van der Waals surface area contributed by atoms with Crippen LogP contribution in [0.15, 0.2) is 60.7 Å². The van der Waals surface area contributed by atoms with E-state index in [-0.39, 0.29) is 29.8 Å². The SMILES string of the molecule is CC1(C)OCC(CC(=O)C[C@H](O)CCO[Si](c2ccccc2)(c2ccccc2)C(C)(C)C)O1. The van der Waals surface area contributed by atoms with Crippen LogP contribution in [0.25, 0.3) is 0 Å². The molecule has 3 rings (SSSR count). The monoisotopic (exact) mass is 470 g/mol. The third-order valence-corrected chi connectivity index (χ3v) is 11.2. The Balaban J connectivity index is 1.67. The summed E-state index contributed by atoms with van der Waals surface area (Å²) in [7, 11) is -2.63. The second-order valence-electron chi connectivity index (χ2n) is 10.4. The molecule has 1 heterocycles. The van der Waals surface area contributed by atoms with E-state index in [1.807, 2.05) is 26.0 Å². The molecule has 0 amide bonds. The minimum atomic E-state index is -2.63. The van der Waals surface area contributed by atoms with Crippen molar-refractivity contribution in [2.24, 2.45) is 0 Å². The molecule has 0 radical (unpaired) electrons. The third kappa shape index (κ3) is 6.40. The van der Waals surface area contributed by atoms with Crippen molar-refractivity contribution >= 4 is 24.5 Å². The maximum Gasteiger partial charge on any atom is 0.261 e. The second-order valence-corrected chi connectivity index (χ2v) is 14.7. The van der Waals surface area contributed by atoms with Crippen molar-refractivity contribution in [3.05, 3.63) is 60.7 Å². The molecule has 2 aromatic carbocycles. The van der Waals surface area contributed by atoms with E-state index in [1.165, 1.54) is 10.4 Å². The van der Waals surface area contributed by atoms with E-state index in [1.54, 1.807) is 0 Å². The number of Topliss-reactive ketones (excluding diaryl/α,β-unsaturated/α-hetero) is 1. The molecular weight excluding hydrogens is 432 g/mol. The van der Waals surface area contributed by atoms with Crippen LogP contribution in [-0.2, 0) is 18.7 Å². The fourth-order valence-electron chi connectivity index (χ4n) is 4.68. The molecule has 180 valence electrons. The molecule has 0 aromatic heterocycles. The molecule has 2 aromatic rings. The van der Waals surface area contributed by atoms with Crippen LogP contribution >= 0.6 is 0 Å². The summed E-state index contributed by atoms with van der Waals surface area (Å²) in [5.41, 5.74) is 0. The number of hydrogen-bond acceptors (Lipinski definition) is 5. The van der Waals surface area contributed by atoms with Gasteiger partial charge < -0.3 is 19.0 Å². The van der Waals surface area contributed by atoms with Crippen LogP contribution in [0, 0.1) is 0 Å². The van der Waals surface area contributed by atoms with Gasteiger partial charge in [-0.2, -0.15) is 0 Å². The molecule has 0 spiro atoms. The summed E-state index contributed by atoms with van der Waals surface area (Å²) in [4.78, 5) is 12.5. The van der Waals surface area contributed by atoms with Crippen LogP contribution in [0.5, 0.6) is 0 Å². The minimum Gasteiger partial charge on any atom is -0.407 e. The van der Waals surface area contributed by atoms with Crippen LogP contribution in [-0.4, -0.2) is 50.4 Å². The summed E-state index contributed by atoms with van der Waals surface area (Å²) in [5.74, 6) is -0.660. The summed E-state index contributed by atoms with van der Waals surface area (Å²) in [5, 5.41) is 12.9. The number of carbonyl (C=O) groups is 1. The summed E-state index contributed by atoms with van der Waals surface area (Å²) in [6.45, 7) is 11.2. The Bertz CT molecular complexity index is 852. The molecule has 1 aliphatic rings. The second kappa shape index (κ2) is 10.6. The first-order valence-corrected chi connectivity index (χ1v) is 13.7. The molecule has 6 heteroatoms. The molecule has 1 aliphatic heterocycles. The molecule has 0 bridgehead atoms. The number of ketones is 1. The lowest BCUT2D eigenvalue weighted by atomic mass is 10.1. The molecule has 1 saturated heterocycles. The van der Waals surface area contributed by atoms with Gasteiger partial charge in [-0.15, -0.1) is 0 Å². The Kier molecular flexibility index (Phi) is 8.29. The van der Waals surface area contributed by atoms with Crippen molar-refractivity contribution in [1.29, 1.82) is 0 Å². The zero-order valence-electron chi connectivity index (χ0n) is 20.5. The maximum atomic E-state index is 12.5. The average Bonchev–Trinajstić information content (AvgIpc) is 3.09. The maximum absolute atomic E-state index is 12.5. The van der Waals surface area contributed by atoms with E-state index >= 15 is 0 Å².